The molecule has 0 spiro atoms. The molecule has 1 aliphatic rings. The number of ether oxygens (including phenoxy) is 1. The van der Waals surface area contributed by atoms with Gasteiger partial charge in [-0.3, -0.25) is 0 Å². The van der Waals surface area contributed by atoms with E-state index in [1.54, 1.807) is 26.2 Å². The highest BCUT2D eigenvalue weighted by atomic mass is 32.1. The van der Waals surface area contributed by atoms with Crippen molar-refractivity contribution < 1.29 is 24.3 Å². The highest BCUT2D eigenvalue weighted by Gasteiger charge is 2.47. The van der Waals surface area contributed by atoms with Crippen molar-refractivity contribution in [3.63, 3.8) is 0 Å². The van der Waals surface area contributed by atoms with Gasteiger partial charge in [-0.2, -0.15) is 0 Å². The number of carbonyl (C=O) groups is 2. The lowest BCUT2D eigenvalue weighted by Gasteiger charge is -2.36. The summed E-state index contributed by atoms with van der Waals surface area (Å²) in [6, 6.07) is 30.1. The van der Waals surface area contributed by atoms with Gasteiger partial charge in [0.15, 0.2) is 5.13 Å². The van der Waals surface area contributed by atoms with E-state index in [0.29, 0.717) is 18.0 Å². The maximum atomic E-state index is 13.1. The average Bonchev–Trinajstić information content (AvgIpc) is 3.67. The number of carboxylic acids is 1. The second kappa shape index (κ2) is 12.4. The molecule has 0 unspecified atom stereocenters. The first-order valence-corrected chi connectivity index (χ1v) is 15.1. The minimum absolute atomic E-state index is 0.125. The largest absolute Gasteiger partial charge is 0.476 e. The van der Waals surface area contributed by atoms with Crippen LogP contribution in [0.5, 0.6) is 0 Å². The molecule has 1 fully saturated rings. The van der Waals surface area contributed by atoms with Crippen molar-refractivity contribution in [2.75, 3.05) is 5.32 Å². The Bertz CT molecular complexity index is 1480. The molecule has 0 radical (unpaired) electrons. The predicted molar refractivity (Wildman–Crippen MR) is 167 cm³/mol. The summed E-state index contributed by atoms with van der Waals surface area (Å²) >= 11 is 1.26. The molecule has 0 aliphatic heterocycles. The summed E-state index contributed by atoms with van der Waals surface area (Å²) in [6.45, 7) is 5.34. The monoisotopic (exact) mass is 597 g/mol. The van der Waals surface area contributed by atoms with Crippen LogP contribution in [0.4, 0.5) is 5.13 Å². The number of nitrogens with one attached hydrogen (secondary N) is 1. The van der Waals surface area contributed by atoms with Crippen LogP contribution >= 0.6 is 11.3 Å². The van der Waals surface area contributed by atoms with Crippen LogP contribution in [0, 0.1) is 0 Å². The lowest BCUT2D eigenvalue weighted by Crippen LogP contribution is -2.43. The second-order valence-corrected chi connectivity index (χ2v) is 12.4. The van der Waals surface area contributed by atoms with Gasteiger partial charge in [-0.1, -0.05) is 96.2 Å². The van der Waals surface area contributed by atoms with Gasteiger partial charge in [0, 0.05) is 18.2 Å². The number of rotatable bonds is 10. The molecule has 1 aromatic heterocycles. The van der Waals surface area contributed by atoms with Crippen LogP contribution in [-0.4, -0.2) is 38.9 Å². The van der Waals surface area contributed by atoms with Gasteiger partial charge in [-0.25, -0.2) is 14.6 Å². The molecule has 0 saturated heterocycles. The molecule has 4 aromatic rings. The number of aliphatic carboxylic acids is 1. The molecule has 1 aliphatic carbocycles. The average molecular weight is 598 g/mol. The quantitative estimate of drug-likeness (QED) is 0.0876. The maximum absolute atomic E-state index is 13.1. The van der Waals surface area contributed by atoms with Crippen molar-refractivity contribution in [3.8, 4) is 0 Å². The third-order valence-electron chi connectivity index (χ3n) is 7.36. The number of nitrogens with zero attached hydrogens (tertiary/aromatic N) is 2. The zero-order valence-corrected chi connectivity index (χ0v) is 25.3. The third kappa shape index (κ3) is 6.46. The van der Waals surface area contributed by atoms with Gasteiger partial charge in [-0.05, 0) is 50.3 Å². The van der Waals surface area contributed by atoms with Crippen molar-refractivity contribution in [2.24, 2.45) is 5.16 Å². The Hall–Kier alpha value is -4.50. The predicted octanol–water partition coefficient (Wildman–Crippen LogP) is 7.01. The normalized spacial score (nSPS) is 15.1. The highest BCUT2D eigenvalue weighted by Crippen LogP contribution is 2.41. The van der Waals surface area contributed by atoms with Crippen molar-refractivity contribution >= 4 is 34.1 Å². The summed E-state index contributed by atoms with van der Waals surface area (Å²) < 4.78 is 5.60. The Morgan fingerprint density at radius 1 is 0.860 bits per heavy atom. The lowest BCUT2D eigenvalue weighted by atomic mass is 9.77. The highest BCUT2D eigenvalue weighted by molar-refractivity contribution is 7.14. The number of anilines is 1. The van der Waals surface area contributed by atoms with E-state index < -0.39 is 28.7 Å². The van der Waals surface area contributed by atoms with Gasteiger partial charge in [0.25, 0.3) is 0 Å². The summed E-state index contributed by atoms with van der Waals surface area (Å²) in [5, 5.41) is 19.9. The van der Waals surface area contributed by atoms with Crippen molar-refractivity contribution in [1.29, 1.82) is 0 Å². The van der Waals surface area contributed by atoms with E-state index in [9.17, 15) is 14.7 Å². The van der Waals surface area contributed by atoms with Gasteiger partial charge >= 0.3 is 11.9 Å². The minimum atomic E-state index is -1.33. The Balaban J connectivity index is 1.53. The van der Waals surface area contributed by atoms with Crippen molar-refractivity contribution in [1.82, 2.24) is 4.98 Å². The van der Waals surface area contributed by atoms with Crippen LogP contribution in [0.15, 0.2) is 102 Å². The van der Waals surface area contributed by atoms with Gasteiger partial charge in [0.2, 0.25) is 11.3 Å². The van der Waals surface area contributed by atoms with Crippen molar-refractivity contribution in [2.45, 2.75) is 63.2 Å². The van der Waals surface area contributed by atoms with Gasteiger partial charge in [-0.15, -0.1) is 11.3 Å². The van der Waals surface area contributed by atoms with E-state index in [-0.39, 0.29) is 11.4 Å². The second-order valence-electron chi connectivity index (χ2n) is 11.6. The molecule has 8 nitrogen and oxygen atoms in total. The smallest absolute Gasteiger partial charge is 0.360 e. The Kier molecular flexibility index (Phi) is 8.64. The van der Waals surface area contributed by atoms with Crippen LogP contribution in [0.2, 0.25) is 0 Å². The van der Waals surface area contributed by atoms with Crippen LogP contribution in [0.1, 0.15) is 68.8 Å². The van der Waals surface area contributed by atoms with E-state index in [0.717, 1.165) is 29.5 Å². The maximum Gasteiger partial charge on any atom is 0.360 e. The van der Waals surface area contributed by atoms with E-state index in [1.165, 1.54) is 11.3 Å². The standard InChI is InChI=1S/C34H35N3O5S/c1-32(2,3)41-30(40)33(21-13-14-22-33)42-37-28(29(38)39)27-23-43-31(35-27)36-34(24-15-7-4-8-16-24,25-17-9-5-10-18-25)26-19-11-6-12-20-26/h4-12,15-20,23H,13-14,21-22H2,1-3H3,(H,35,36)(H,38,39)/b37-28+. The van der Waals surface area contributed by atoms with E-state index in [1.807, 2.05) is 54.6 Å². The van der Waals surface area contributed by atoms with Crippen LogP contribution in [-0.2, 0) is 24.7 Å². The van der Waals surface area contributed by atoms with Gasteiger partial charge in [0.1, 0.15) is 16.8 Å². The molecule has 1 heterocycles. The molecular formula is C34H35N3O5S. The first-order valence-electron chi connectivity index (χ1n) is 14.3. The Morgan fingerprint density at radius 3 is 1.79 bits per heavy atom. The van der Waals surface area contributed by atoms with Gasteiger partial charge in [0.05, 0.1) is 0 Å². The molecule has 1 saturated carbocycles. The summed E-state index contributed by atoms with van der Waals surface area (Å²) in [5.74, 6) is -1.85. The number of benzene rings is 3. The van der Waals surface area contributed by atoms with E-state index in [2.05, 4.69) is 51.9 Å². The number of aromatic nitrogens is 1. The number of oxime groups is 1. The summed E-state index contributed by atoms with van der Waals surface area (Å²) in [6.07, 6.45) is 2.30. The Morgan fingerprint density at radius 2 is 1.35 bits per heavy atom. The molecule has 0 bridgehead atoms. The fourth-order valence-corrected chi connectivity index (χ4v) is 6.11. The molecule has 2 N–H and O–H groups in total. The topological polar surface area (TPSA) is 110 Å². The number of carbonyl (C=O) groups excluding carboxylic acids is 1. The lowest BCUT2D eigenvalue weighted by molar-refractivity contribution is -0.183. The molecule has 0 amide bonds. The molecule has 0 atom stereocenters. The zero-order valence-electron chi connectivity index (χ0n) is 24.4. The minimum Gasteiger partial charge on any atom is -0.476 e. The fraction of sp³-hybridized carbons (Fsp3) is 0.294. The number of thiazole rings is 1. The summed E-state index contributed by atoms with van der Waals surface area (Å²) in [7, 11) is 0. The van der Waals surface area contributed by atoms with Crippen molar-refractivity contribution in [3.05, 3.63) is 119 Å². The molecule has 3 aromatic carbocycles. The molecule has 9 heteroatoms. The van der Waals surface area contributed by atoms with Crippen LogP contribution in [0.25, 0.3) is 0 Å². The molecule has 222 valence electrons. The first kappa shape index (κ1) is 30.0. The number of esters is 1. The molecule has 5 rings (SSSR count). The van der Waals surface area contributed by atoms with Gasteiger partial charge < -0.3 is 20.0 Å². The zero-order chi connectivity index (χ0) is 30.5. The fourth-order valence-electron chi connectivity index (χ4n) is 5.36. The number of hydrogen-bond donors (Lipinski definition) is 2. The summed E-state index contributed by atoms with van der Waals surface area (Å²) in [4.78, 5) is 35.9. The number of hydrogen-bond acceptors (Lipinski definition) is 8. The van der Waals surface area contributed by atoms with E-state index in [4.69, 9.17) is 9.57 Å². The van der Waals surface area contributed by atoms with E-state index >= 15 is 0 Å². The SMILES string of the molecule is CC(C)(C)OC(=O)C1(O/N=C(/C(=O)O)c2csc(NC(c3ccccc3)(c3ccccc3)c3ccccc3)n2)CCCC1. The molecular weight excluding hydrogens is 562 g/mol. The third-order valence-corrected chi connectivity index (χ3v) is 8.12. The molecule has 43 heavy (non-hydrogen) atoms. The van der Waals surface area contributed by atoms with Crippen LogP contribution in [0.3, 0.4) is 0 Å². The first-order chi connectivity index (χ1) is 20.6. The summed E-state index contributed by atoms with van der Waals surface area (Å²) in [5.41, 5.74) is -0.174. The Labute approximate surface area is 255 Å². The van der Waals surface area contributed by atoms with Crippen LogP contribution < -0.4 is 5.32 Å². The number of carboxylic acid groups (broad SMARTS) is 1.